The molecule has 0 spiro atoms. The van der Waals surface area contributed by atoms with Gasteiger partial charge < -0.3 is 4.98 Å². The van der Waals surface area contributed by atoms with Gasteiger partial charge >= 0.3 is 0 Å². The normalized spacial score (nSPS) is 13.2. The summed E-state index contributed by atoms with van der Waals surface area (Å²) in [6.45, 7) is 1.98. The number of allylic oxidation sites excluding steroid dienone is 4. The van der Waals surface area contributed by atoms with Crippen LogP contribution in [0.15, 0.2) is 51.8 Å². The molecule has 114 valence electrons. The lowest BCUT2D eigenvalue weighted by Crippen LogP contribution is -2.15. The molecule has 2 aromatic heterocycles. The molecule has 1 aliphatic rings. The number of benzene rings is 1. The summed E-state index contributed by atoms with van der Waals surface area (Å²) in [7, 11) is 0. The lowest BCUT2D eigenvalue weighted by atomic mass is 10.1. The third-order valence-electron chi connectivity index (χ3n) is 3.82. The van der Waals surface area contributed by atoms with Gasteiger partial charge in [-0.05, 0) is 18.6 Å². The monoisotopic (exact) mass is 368 g/mol. The van der Waals surface area contributed by atoms with Gasteiger partial charge in [0.05, 0.1) is 5.69 Å². The van der Waals surface area contributed by atoms with E-state index in [1.807, 2.05) is 49.4 Å². The second-order valence-corrected chi connectivity index (χ2v) is 6.21. The van der Waals surface area contributed by atoms with Crippen LogP contribution in [-0.2, 0) is 6.42 Å². The van der Waals surface area contributed by atoms with Crippen molar-refractivity contribution >= 4 is 27.0 Å². The standard InChI is InChI=1S/C17H13BrN4O/c1-2-13-14-17(23)20-15(11-7-4-8-12(18)9-11)21-22(14)16(19-13)10-5-3-6-10/h3-9H,2H2,1H3,(H,20,21,23). The second-order valence-electron chi connectivity index (χ2n) is 5.29. The molecule has 3 aromatic rings. The van der Waals surface area contributed by atoms with E-state index in [2.05, 4.69) is 31.0 Å². The number of nitrogens with zero attached hydrogens (tertiary/aromatic N) is 3. The molecule has 5 nitrogen and oxygen atoms in total. The van der Waals surface area contributed by atoms with Crippen LogP contribution in [-0.4, -0.2) is 19.6 Å². The Labute approximate surface area is 140 Å². The fourth-order valence-corrected chi connectivity index (χ4v) is 3.01. The van der Waals surface area contributed by atoms with Crippen LogP contribution >= 0.6 is 15.9 Å². The van der Waals surface area contributed by atoms with E-state index in [-0.39, 0.29) is 5.56 Å². The Morgan fingerprint density at radius 3 is 2.83 bits per heavy atom. The molecule has 1 aromatic carbocycles. The van der Waals surface area contributed by atoms with Gasteiger partial charge in [-0.1, -0.05) is 53.2 Å². The summed E-state index contributed by atoms with van der Waals surface area (Å²) in [5, 5.41) is 4.62. The highest BCUT2D eigenvalue weighted by molar-refractivity contribution is 9.10. The van der Waals surface area contributed by atoms with Crippen molar-refractivity contribution in [1.82, 2.24) is 19.6 Å². The number of halogens is 1. The average Bonchev–Trinajstić information content (AvgIpc) is 2.85. The first kappa shape index (κ1) is 14.1. The van der Waals surface area contributed by atoms with Gasteiger partial charge in [0.25, 0.3) is 5.56 Å². The molecule has 23 heavy (non-hydrogen) atoms. The van der Waals surface area contributed by atoms with Gasteiger partial charge in [0.1, 0.15) is 0 Å². The number of aryl methyl sites for hydroxylation is 1. The molecule has 6 heteroatoms. The first-order chi connectivity index (χ1) is 11.2. The van der Waals surface area contributed by atoms with Crippen molar-refractivity contribution in [2.45, 2.75) is 13.3 Å². The van der Waals surface area contributed by atoms with Crippen LogP contribution < -0.4 is 5.56 Å². The molecule has 0 saturated heterocycles. The van der Waals surface area contributed by atoms with E-state index in [0.717, 1.165) is 21.3 Å². The maximum atomic E-state index is 12.6. The van der Waals surface area contributed by atoms with Gasteiger partial charge in [0.2, 0.25) is 0 Å². The predicted molar refractivity (Wildman–Crippen MR) is 93.2 cm³/mol. The summed E-state index contributed by atoms with van der Waals surface area (Å²) in [5.74, 6) is 1.23. The Kier molecular flexibility index (Phi) is 3.27. The molecule has 0 fully saturated rings. The molecule has 0 bridgehead atoms. The van der Waals surface area contributed by atoms with Gasteiger partial charge in [-0.25, -0.2) is 9.50 Å². The number of imidazole rings is 1. The number of aromatic nitrogens is 4. The van der Waals surface area contributed by atoms with Crippen LogP contribution in [0.1, 0.15) is 18.4 Å². The Morgan fingerprint density at radius 2 is 2.17 bits per heavy atom. The Bertz CT molecular complexity index is 1040. The molecular weight excluding hydrogens is 356 g/mol. The van der Waals surface area contributed by atoms with Crippen LogP contribution in [0.3, 0.4) is 0 Å². The smallest absolute Gasteiger partial charge is 0.277 e. The quantitative estimate of drug-likeness (QED) is 0.770. The van der Waals surface area contributed by atoms with E-state index < -0.39 is 0 Å². The van der Waals surface area contributed by atoms with Crippen LogP contribution in [0.4, 0.5) is 0 Å². The highest BCUT2D eigenvalue weighted by Crippen LogP contribution is 2.24. The minimum atomic E-state index is -0.172. The number of hydrogen-bond donors (Lipinski definition) is 1. The Morgan fingerprint density at radius 1 is 1.35 bits per heavy atom. The molecule has 4 rings (SSSR count). The zero-order chi connectivity index (χ0) is 16.0. The number of fused-ring (bicyclic) bond motifs is 1. The third kappa shape index (κ3) is 2.26. The average molecular weight is 369 g/mol. The van der Waals surface area contributed by atoms with Gasteiger partial charge in [0.15, 0.2) is 17.2 Å². The largest absolute Gasteiger partial charge is 0.303 e. The van der Waals surface area contributed by atoms with Crippen molar-refractivity contribution in [1.29, 1.82) is 0 Å². The lowest BCUT2D eigenvalue weighted by molar-refractivity contribution is 0.874. The Hall–Kier alpha value is -2.47. The van der Waals surface area contributed by atoms with Crippen molar-refractivity contribution in [3.05, 3.63) is 68.8 Å². The van der Waals surface area contributed by atoms with Crippen LogP contribution in [0, 0.1) is 0 Å². The van der Waals surface area contributed by atoms with Crippen molar-refractivity contribution in [3.63, 3.8) is 0 Å². The molecular formula is C17H13BrN4O. The molecule has 0 atom stereocenters. The molecule has 0 aliphatic heterocycles. The third-order valence-corrected chi connectivity index (χ3v) is 4.31. The van der Waals surface area contributed by atoms with Gasteiger partial charge in [0, 0.05) is 15.6 Å². The number of H-pyrrole nitrogens is 1. The van der Waals surface area contributed by atoms with Crippen molar-refractivity contribution in [2.75, 3.05) is 0 Å². The zero-order valence-corrected chi connectivity index (χ0v) is 14.0. The SMILES string of the molecule is CCc1nc(C2=CC=C2)n2nc(-c3cccc(Br)c3)[nH]c(=O)c12. The summed E-state index contributed by atoms with van der Waals surface area (Å²) in [4.78, 5) is 20.0. The highest BCUT2D eigenvalue weighted by Gasteiger charge is 2.19. The molecule has 0 unspecified atom stereocenters. The molecule has 1 N–H and O–H groups in total. The lowest BCUT2D eigenvalue weighted by Gasteiger charge is -2.07. The van der Waals surface area contributed by atoms with Crippen LogP contribution in [0.2, 0.25) is 0 Å². The van der Waals surface area contributed by atoms with E-state index >= 15 is 0 Å². The number of aromatic amines is 1. The van der Waals surface area contributed by atoms with Crippen molar-refractivity contribution < 1.29 is 0 Å². The zero-order valence-electron chi connectivity index (χ0n) is 12.4. The van der Waals surface area contributed by atoms with E-state index in [0.29, 0.717) is 23.6 Å². The fraction of sp³-hybridized carbons (Fsp3) is 0.118. The van der Waals surface area contributed by atoms with Crippen LogP contribution in [0.5, 0.6) is 0 Å². The second kappa shape index (κ2) is 5.31. The van der Waals surface area contributed by atoms with Gasteiger partial charge in [-0.15, -0.1) is 5.10 Å². The first-order valence-corrected chi connectivity index (χ1v) is 8.13. The van der Waals surface area contributed by atoms with E-state index in [4.69, 9.17) is 0 Å². The van der Waals surface area contributed by atoms with Crippen molar-refractivity contribution in [2.24, 2.45) is 0 Å². The fourth-order valence-electron chi connectivity index (χ4n) is 2.61. The number of hydrogen-bond acceptors (Lipinski definition) is 3. The molecule has 0 saturated carbocycles. The number of nitrogens with one attached hydrogen (secondary N) is 1. The first-order valence-electron chi connectivity index (χ1n) is 7.34. The summed E-state index contributed by atoms with van der Waals surface area (Å²) >= 11 is 3.44. The summed E-state index contributed by atoms with van der Waals surface area (Å²) in [6, 6.07) is 7.67. The van der Waals surface area contributed by atoms with Gasteiger partial charge in [-0.2, -0.15) is 0 Å². The van der Waals surface area contributed by atoms with Crippen molar-refractivity contribution in [3.8, 4) is 11.4 Å². The molecule has 0 radical (unpaired) electrons. The molecule has 1 aliphatic carbocycles. The minimum Gasteiger partial charge on any atom is -0.303 e. The maximum absolute atomic E-state index is 12.6. The summed E-state index contributed by atoms with van der Waals surface area (Å²) < 4.78 is 2.59. The predicted octanol–water partition coefficient (Wildman–Crippen LogP) is 3.36. The highest BCUT2D eigenvalue weighted by atomic mass is 79.9. The molecule has 0 amide bonds. The maximum Gasteiger partial charge on any atom is 0.277 e. The van der Waals surface area contributed by atoms with E-state index in [1.165, 1.54) is 0 Å². The summed E-state index contributed by atoms with van der Waals surface area (Å²) in [6.07, 6.45) is 6.57. The van der Waals surface area contributed by atoms with E-state index in [9.17, 15) is 4.79 Å². The van der Waals surface area contributed by atoms with Gasteiger partial charge in [-0.3, -0.25) is 4.79 Å². The van der Waals surface area contributed by atoms with E-state index in [1.54, 1.807) is 4.52 Å². The molecule has 2 heterocycles. The number of rotatable bonds is 3. The Balaban J connectivity index is 2.01. The van der Waals surface area contributed by atoms with Crippen LogP contribution in [0.25, 0.3) is 22.5 Å². The minimum absolute atomic E-state index is 0.172. The topological polar surface area (TPSA) is 63.1 Å². The summed E-state index contributed by atoms with van der Waals surface area (Å²) in [5.41, 5.74) is 2.93.